The molecule has 0 aliphatic carbocycles. The van der Waals surface area contributed by atoms with E-state index < -0.39 is 0 Å². The maximum atomic E-state index is 12.7. The second-order valence-corrected chi connectivity index (χ2v) is 8.17. The largest absolute Gasteiger partial charge is 0.494 e. The van der Waals surface area contributed by atoms with E-state index >= 15 is 0 Å². The second-order valence-electron chi connectivity index (χ2n) is 7.90. The van der Waals surface area contributed by atoms with Gasteiger partial charge in [0.2, 0.25) is 5.91 Å². The number of rotatable bonds is 3. The summed E-state index contributed by atoms with van der Waals surface area (Å²) >= 11 is 5.94. The zero-order chi connectivity index (χ0) is 20.2. The lowest BCUT2D eigenvalue weighted by atomic mass is 9.76. The molecule has 6 heteroatoms. The number of nitrogens with zero attached hydrogens (tertiary/aromatic N) is 2. The van der Waals surface area contributed by atoms with E-state index in [2.05, 4.69) is 30.5 Å². The molecule has 28 heavy (non-hydrogen) atoms. The summed E-state index contributed by atoms with van der Waals surface area (Å²) in [6.45, 7) is 4.97. The number of para-hydroxylation sites is 1. The van der Waals surface area contributed by atoms with E-state index in [4.69, 9.17) is 21.1 Å². The van der Waals surface area contributed by atoms with Crippen LogP contribution in [0.1, 0.15) is 25.8 Å². The third-order valence-electron chi connectivity index (χ3n) is 5.96. The van der Waals surface area contributed by atoms with Gasteiger partial charge in [-0.3, -0.25) is 4.79 Å². The minimum absolute atomic E-state index is 0.0705. The molecule has 0 fully saturated rings. The fourth-order valence-electron chi connectivity index (χ4n) is 4.58. The minimum Gasteiger partial charge on any atom is -0.494 e. The molecule has 0 unspecified atom stereocenters. The SMILES string of the molecule is COc1c2c(c(OC)c3c1c1ccccc1n3C)C(C)(C)CCN2C(=O)CCl. The first-order valence-electron chi connectivity index (χ1n) is 9.39. The number of hydrogen-bond acceptors (Lipinski definition) is 3. The van der Waals surface area contributed by atoms with E-state index in [1.807, 2.05) is 19.2 Å². The van der Waals surface area contributed by atoms with Crippen LogP contribution in [0.15, 0.2) is 24.3 Å². The van der Waals surface area contributed by atoms with Gasteiger partial charge >= 0.3 is 0 Å². The van der Waals surface area contributed by atoms with Gasteiger partial charge in [-0.2, -0.15) is 0 Å². The number of carbonyl (C=O) groups excluding carboxylic acids is 1. The van der Waals surface area contributed by atoms with Crippen molar-refractivity contribution in [2.45, 2.75) is 25.7 Å². The number of alkyl halides is 1. The first kappa shape index (κ1) is 18.9. The highest BCUT2D eigenvalue weighted by Gasteiger charge is 2.41. The first-order valence-corrected chi connectivity index (χ1v) is 9.92. The summed E-state index contributed by atoms with van der Waals surface area (Å²) in [6.07, 6.45) is 0.817. The number of halogens is 1. The van der Waals surface area contributed by atoms with Gasteiger partial charge in [0.15, 0.2) is 5.75 Å². The number of hydrogen-bond donors (Lipinski definition) is 0. The van der Waals surface area contributed by atoms with E-state index in [0.29, 0.717) is 12.3 Å². The third kappa shape index (κ3) is 2.42. The average Bonchev–Trinajstić information content (AvgIpc) is 2.99. The molecule has 0 bridgehead atoms. The predicted molar refractivity (Wildman–Crippen MR) is 114 cm³/mol. The summed E-state index contributed by atoms with van der Waals surface area (Å²) in [5.74, 6) is 1.30. The molecule has 1 aliphatic rings. The Labute approximate surface area is 169 Å². The van der Waals surface area contributed by atoms with Crippen molar-refractivity contribution in [2.24, 2.45) is 7.05 Å². The van der Waals surface area contributed by atoms with Crippen LogP contribution < -0.4 is 14.4 Å². The van der Waals surface area contributed by atoms with Gasteiger partial charge in [0.05, 0.1) is 30.8 Å². The Balaban J connectivity index is 2.28. The number of aryl methyl sites for hydroxylation is 1. The summed E-state index contributed by atoms with van der Waals surface area (Å²) in [4.78, 5) is 14.5. The van der Waals surface area contributed by atoms with Gasteiger partial charge in [-0.25, -0.2) is 0 Å². The van der Waals surface area contributed by atoms with Crippen LogP contribution >= 0.6 is 11.6 Å². The Hall–Kier alpha value is -2.40. The molecule has 3 aromatic rings. The van der Waals surface area contributed by atoms with Crippen molar-refractivity contribution in [1.82, 2.24) is 4.57 Å². The van der Waals surface area contributed by atoms with Crippen LogP contribution in [-0.2, 0) is 17.3 Å². The highest BCUT2D eigenvalue weighted by Crippen LogP contribution is 2.55. The molecule has 5 nitrogen and oxygen atoms in total. The van der Waals surface area contributed by atoms with E-state index in [1.54, 1.807) is 19.1 Å². The normalized spacial score (nSPS) is 15.7. The third-order valence-corrected chi connectivity index (χ3v) is 6.19. The Morgan fingerprint density at radius 1 is 1.18 bits per heavy atom. The topological polar surface area (TPSA) is 43.7 Å². The fraction of sp³-hybridized carbons (Fsp3) is 0.409. The molecule has 2 heterocycles. The Kier molecular flexibility index (Phi) is 4.46. The number of anilines is 1. The van der Waals surface area contributed by atoms with E-state index in [1.165, 1.54) is 0 Å². The Morgan fingerprint density at radius 2 is 1.86 bits per heavy atom. The Morgan fingerprint density at radius 3 is 2.50 bits per heavy atom. The highest BCUT2D eigenvalue weighted by molar-refractivity contribution is 6.30. The van der Waals surface area contributed by atoms with Crippen molar-refractivity contribution in [3.05, 3.63) is 29.8 Å². The van der Waals surface area contributed by atoms with Gasteiger partial charge in [0, 0.05) is 30.1 Å². The van der Waals surface area contributed by atoms with Gasteiger partial charge in [-0.15, -0.1) is 11.6 Å². The number of methoxy groups -OCH3 is 2. The van der Waals surface area contributed by atoms with Crippen LogP contribution in [0.3, 0.4) is 0 Å². The standard InChI is InChI=1S/C22H25ClN2O3/c1-22(2)10-11-25(15(26)12-23)19-17(22)21(28-5)18-16(20(19)27-4)13-8-6-7-9-14(13)24(18)3/h6-9H,10-12H2,1-5H3. The van der Waals surface area contributed by atoms with Crippen molar-refractivity contribution in [1.29, 1.82) is 0 Å². The molecule has 0 N–H and O–H groups in total. The molecule has 1 amide bonds. The monoisotopic (exact) mass is 400 g/mol. The number of amides is 1. The molecule has 1 aromatic heterocycles. The maximum Gasteiger partial charge on any atom is 0.242 e. The zero-order valence-electron chi connectivity index (χ0n) is 16.9. The first-order chi connectivity index (χ1) is 13.4. The van der Waals surface area contributed by atoms with Crippen molar-refractivity contribution in [2.75, 3.05) is 31.5 Å². The van der Waals surface area contributed by atoms with E-state index in [0.717, 1.165) is 45.2 Å². The van der Waals surface area contributed by atoms with Crippen molar-refractivity contribution in [3.8, 4) is 11.5 Å². The zero-order valence-corrected chi connectivity index (χ0v) is 17.7. The molecule has 0 saturated carbocycles. The highest BCUT2D eigenvalue weighted by atomic mass is 35.5. The number of fused-ring (bicyclic) bond motifs is 4. The van der Waals surface area contributed by atoms with E-state index in [9.17, 15) is 4.79 Å². The average molecular weight is 401 g/mol. The fourth-order valence-corrected chi connectivity index (χ4v) is 4.72. The summed E-state index contributed by atoms with van der Waals surface area (Å²) in [5, 5.41) is 2.03. The summed E-state index contributed by atoms with van der Waals surface area (Å²) in [5.41, 5.74) is 3.67. The minimum atomic E-state index is -0.179. The van der Waals surface area contributed by atoms with Gasteiger partial charge in [-0.1, -0.05) is 32.0 Å². The second kappa shape index (κ2) is 6.59. The molecule has 4 rings (SSSR count). The molecular weight excluding hydrogens is 376 g/mol. The van der Waals surface area contributed by atoms with Crippen molar-refractivity contribution in [3.63, 3.8) is 0 Å². The lowest BCUT2D eigenvalue weighted by molar-refractivity contribution is -0.116. The van der Waals surface area contributed by atoms with Gasteiger partial charge < -0.3 is 18.9 Å². The number of aromatic nitrogens is 1. The van der Waals surface area contributed by atoms with Crippen LogP contribution in [-0.4, -0.2) is 37.1 Å². The molecule has 0 saturated heterocycles. The maximum absolute atomic E-state index is 12.7. The number of carbonyl (C=O) groups is 1. The quantitative estimate of drug-likeness (QED) is 0.603. The Bertz CT molecular complexity index is 1100. The molecule has 2 aromatic carbocycles. The predicted octanol–water partition coefficient (Wildman–Crippen LogP) is 4.60. The molecule has 0 spiro atoms. The van der Waals surface area contributed by atoms with Crippen LogP contribution in [0.4, 0.5) is 5.69 Å². The van der Waals surface area contributed by atoms with Crippen LogP contribution in [0.25, 0.3) is 21.8 Å². The van der Waals surface area contributed by atoms with Gasteiger partial charge in [0.25, 0.3) is 0 Å². The van der Waals surface area contributed by atoms with Crippen molar-refractivity contribution < 1.29 is 14.3 Å². The van der Waals surface area contributed by atoms with Crippen LogP contribution in [0.2, 0.25) is 0 Å². The number of benzene rings is 2. The molecule has 148 valence electrons. The summed E-state index contributed by atoms with van der Waals surface area (Å²) in [7, 11) is 5.39. The van der Waals surface area contributed by atoms with Crippen molar-refractivity contribution >= 4 is 45.0 Å². The van der Waals surface area contributed by atoms with Gasteiger partial charge in [-0.05, 0) is 17.9 Å². The summed E-state index contributed by atoms with van der Waals surface area (Å²) in [6, 6.07) is 8.19. The lowest BCUT2D eigenvalue weighted by Gasteiger charge is -2.40. The smallest absolute Gasteiger partial charge is 0.242 e. The molecule has 0 radical (unpaired) electrons. The molecule has 0 atom stereocenters. The molecule has 1 aliphatic heterocycles. The number of ether oxygens (including phenoxy) is 2. The summed E-state index contributed by atoms with van der Waals surface area (Å²) < 4.78 is 14.1. The van der Waals surface area contributed by atoms with E-state index in [-0.39, 0.29) is 17.2 Å². The van der Waals surface area contributed by atoms with Crippen LogP contribution in [0.5, 0.6) is 11.5 Å². The van der Waals surface area contributed by atoms with Crippen LogP contribution in [0, 0.1) is 0 Å². The molecular formula is C22H25ClN2O3. The lowest BCUT2D eigenvalue weighted by Crippen LogP contribution is -2.42. The van der Waals surface area contributed by atoms with Gasteiger partial charge in [0.1, 0.15) is 11.6 Å².